The summed E-state index contributed by atoms with van der Waals surface area (Å²) < 4.78 is 2.00. The standard InChI is InChI=1S/C14H18N4O2S/c1-9(2)13-16-17-14(21-8-12(19)20)18(13)10(3)11-5-4-6-15-7-11/h4-7,9-10H,8H2,1-3H3,(H,19,20). The van der Waals surface area contributed by atoms with Crippen molar-refractivity contribution in [2.24, 2.45) is 0 Å². The van der Waals surface area contributed by atoms with E-state index < -0.39 is 5.97 Å². The van der Waals surface area contributed by atoms with Gasteiger partial charge in [-0.1, -0.05) is 31.7 Å². The molecule has 0 radical (unpaired) electrons. The first-order valence-corrected chi connectivity index (χ1v) is 7.68. The molecule has 2 aromatic rings. The number of aliphatic carboxylic acids is 1. The van der Waals surface area contributed by atoms with E-state index in [0.717, 1.165) is 11.4 Å². The normalized spacial score (nSPS) is 12.6. The van der Waals surface area contributed by atoms with Gasteiger partial charge in [0.15, 0.2) is 5.16 Å². The van der Waals surface area contributed by atoms with Gasteiger partial charge in [0.1, 0.15) is 5.82 Å². The van der Waals surface area contributed by atoms with E-state index in [2.05, 4.69) is 15.2 Å². The smallest absolute Gasteiger partial charge is 0.313 e. The van der Waals surface area contributed by atoms with E-state index >= 15 is 0 Å². The third-order valence-corrected chi connectivity index (χ3v) is 4.01. The summed E-state index contributed by atoms with van der Waals surface area (Å²) in [6.45, 7) is 6.13. The van der Waals surface area contributed by atoms with Crippen LogP contribution < -0.4 is 0 Å². The molecular weight excluding hydrogens is 288 g/mol. The van der Waals surface area contributed by atoms with Crippen LogP contribution in [0.3, 0.4) is 0 Å². The Bertz CT molecular complexity index is 613. The van der Waals surface area contributed by atoms with E-state index in [9.17, 15) is 4.79 Å². The quantitative estimate of drug-likeness (QED) is 0.826. The van der Waals surface area contributed by atoms with Gasteiger partial charge in [0.2, 0.25) is 0 Å². The van der Waals surface area contributed by atoms with Gasteiger partial charge in [-0.15, -0.1) is 10.2 Å². The summed E-state index contributed by atoms with van der Waals surface area (Å²) in [4.78, 5) is 14.9. The van der Waals surface area contributed by atoms with E-state index in [1.54, 1.807) is 12.4 Å². The minimum absolute atomic E-state index is 0.00222. The molecular formula is C14H18N4O2S. The van der Waals surface area contributed by atoms with Gasteiger partial charge in [-0.2, -0.15) is 0 Å². The number of carboxylic acids is 1. The molecule has 1 N–H and O–H groups in total. The number of aromatic nitrogens is 4. The van der Waals surface area contributed by atoms with Crippen molar-refractivity contribution in [3.8, 4) is 0 Å². The zero-order valence-corrected chi connectivity index (χ0v) is 13.0. The Hall–Kier alpha value is -1.89. The largest absolute Gasteiger partial charge is 0.481 e. The zero-order valence-electron chi connectivity index (χ0n) is 12.2. The third-order valence-electron chi connectivity index (χ3n) is 3.09. The van der Waals surface area contributed by atoms with E-state index in [4.69, 9.17) is 5.11 Å². The monoisotopic (exact) mass is 306 g/mol. The maximum Gasteiger partial charge on any atom is 0.313 e. The molecule has 0 aliphatic rings. The molecule has 0 fully saturated rings. The van der Waals surface area contributed by atoms with Crippen molar-refractivity contribution in [3.63, 3.8) is 0 Å². The fourth-order valence-corrected chi connectivity index (χ4v) is 2.78. The number of nitrogens with zero attached hydrogens (tertiary/aromatic N) is 4. The van der Waals surface area contributed by atoms with Crippen molar-refractivity contribution in [1.29, 1.82) is 0 Å². The Morgan fingerprint density at radius 1 is 1.38 bits per heavy atom. The van der Waals surface area contributed by atoms with Gasteiger partial charge in [0.05, 0.1) is 11.8 Å². The average Bonchev–Trinajstić information content (AvgIpc) is 2.89. The Morgan fingerprint density at radius 2 is 2.14 bits per heavy atom. The van der Waals surface area contributed by atoms with Gasteiger partial charge >= 0.3 is 5.97 Å². The molecule has 0 aliphatic heterocycles. The first kappa shape index (κ1) is 15.5. The SMILES string of the molecule is CC(C)c1nnc(SCC(=O)O)n1C(C)c1cccnc1. The van der Waals surface area contributed by atoms with Crippen LogP contribution in [-0.2, 0) is 4.79 Å². The fourth-order valence-electron chi connectivity index (χ4n) is 2.04. The molecule has 0 saturated carbocycles. The van der Waals surface area contributed by atoms with Crippen molar-refractivity contribution < 1.29 is 9.90 Å². The zero-order chi connectivity index (χ0) is 15.4. The van der Waals surface area contributed by atoms with E-state index in [1.807, 2.05) is 37.5 Å². The van der Waals surface area contributed by atoms with Crippen molar-refractivity contribution in [1.82, 2.24) is 19.7 Å². The second-order valence-electron chi connectivity index (χ2n) is 5.01. The van der Waals surface area contributed by atoms with Crippen molar-refractivity contribution in [2.45, 2.75) is 37.9 Å². The number of hydrogen-bond donors (Lipinski definition) is 1. The molecule has 0 saturated heterocycles. The molecule has 1 unspecified atom stereocenters. The van der Waals surface area contributed by atoms with Crippen molar-refractivity contribution >= 4 is 17.7 Å². The third kappa shape index (κ3) is 3.60. The lowest BCUT2D eigenvalue weighted by Crippen LogP contribution is -2.14. The molecule has 112 valence electrons. The van der Waals surface area contributed by atoms with E-state index in [0.29, 0.717) is 5.16 Å². The predicted octanol–water partition coefficient (Wildman–Crippen LogP) is 2.58. The molecule has 7 heteroatoms. The lowest BCUT2D eigenvalue weighted by Gasteiger charge is -2.19. The number of thioether (sulfide) groups is 1. The molecule has 2 heterocycles. The van der Waals surface area contributed by atoms with Gasteiger partial charge < -0.3 is 5.11 Å². The highest BCUT2D eigenvalue weighted by atomic mass is 32.2. The number of carbonyl (C=O) groups is 1. The molecule has 2 aromatic heterocycles. The summed E-state index contributed by atoms with van der Waals surface area (Å²) in [6, 6.07) is 3.88. The highest BCUT2D eigenvalue weighted by molar-refractivity contribution is 7.99. The van der Waals surface area contributed by atoms with E-state index in [1.165, 1.54) is 11.8 Å². The molecule has 6 nitrogen and oxygen atoms in total. The Kier molecular flexibility index (Phi) is 4.95. The Balaban J connectivity index is 2.38. The van der Waals surface area contributed by atoms with Gasteiger partial charge in [-0.3, -0.25) is 14.3 Å². The van der Waals surface area contributed by atoms with Crippen LogP contribution in [0.4, 0.5) is 0 Å². The van der Waals surface area contributed by atoms with E-state index in [-0.39, 0.29) is 17.7 Å². The Morgan fingerprint density at radius 3 is 2.71 bits per heavy atom. The van der Waals surface area contributed by atoms with Crippen molar-refractivity contribution in [3.05, 3.63) is 35.9 Å². The van der Waals surface area contributed by atoms with Crippen LogP contribution in [0.25, 0.3) is 0 Å². The first-order chi connectivity index (χ1) is 10.0. The second kappa shape index (κ2) is 6.71. The molecule has 0 aliphatic carbocycles. The second-order valence-corrected chi connectivity index (χ2v) is 5.95. The summed E-state index contributed by atoms with van der Waals surface area (Å²) in [7, 11) is 0. The first-order valence-electron chi connectivity index (χ1n) is 6.70. The number of rotatable bonds is 6. The molecule has 1 atom stereocenters. The van der Waals surface area contributed by atoms with Crippen LogP contribution in [0.15, 0.2) is 29.7 Å². The molecule has 0 amide bonds. The minimum atomic E-state index is -0.866. The van der Waals surface area contributed by atoms with Crippen LogP contribution >= 0.6 is 11.8 Å². The fraction of sp³-hybridized carbons (Fsp3) is 0.429. The maximum absolute atomic E-state index is 10.8. The molecule has 21 heavy (non-hydrogen) atoms. The van der Waals surface area contributed by atoms with Gasteiger partial charge in [0.25, 0.3) is 0 Å². The predicted molar refractivity (Wildman–Crippen MR) is 80.5 cm³/mol. The van der Waals surface area contributed by atoms with Crippen LogP contribution in [0.1, 0.15) is 44.1 Å². The molecule has 0 aromatic carbocycles. The lowest BCUT2D eigenvalue weighted by molar-refractivity contribution is -0.133. The topological polar surface area (TPSA) is 80.9 Å². The average molecular weight is 306 g/mol. The lowest BCUT2D eigenvalue weighted by atomic mass is 10.1. The van der Waals surface area contributed by atoms with Crippen LogP contribution in [0.2, 0.25) is 0 Å². The molecule has 0 spiro atoms. The molecule has 2 rings (SSSR count). The summed E-state index contributed by atoms with van der Waals surface area (Å²) in [6.07, 6.45) is 3.53. The maximum atomic E-state index is 10.8. The van der Waals surface area contributed by atoms with Gasteiger partial charge in [-0.25, -0.2) is 0 Å². The van der Waals surface area contributed by atoms with Crippen LogP contribution in [0.5, 0.6) is 0 Å². The Labute approximate surface area is 127 Å². The number of pyridine rings is 1. The summed E-state index contributed by atoms with van der Waals surface area (Å²) in [5.41, 5.74) is 1.04. The minimum Gasteiger partial charge on any atom is -0.481 e. The highest BCUT2D eigenvalue weighted by Gasteiger charge is 2.21. The summed E-state index contributed by atoms with van der Waals surface area (Å²) >= 11 is 1.19. The molecule has 0 bridgehead atoms. The number of hydrogen-bond acceptors (Lipinski definition) is 5. The summed E-state index contributed by atoms with van der Waals surface area (Å²) in [5.74, 6) is 0.153. The van der Waals surface area contributed by atoms with Gasteiger partial charge in [0, 0.05) is 18.3 Å². The summed E-state index contributed by atoms with van der Waals surface area (Å²) in [5, 5.41) is 17.8. The van der Waals surface area contributed by atoms with Gasteiger partial charge in [-0.05, 0) is 18.6 Å². The highest BCUT2D eigenvalue weighted by Crippen LogP contribution is 2.28. The van der Waals surface area contributed by atoms with Crippen LogP contribution in [-0.4, -0.2) is 36.6 Å². The van der Waals surface area contributed by atoms with Crippen molar-refractivity contribution in [2.75, 3.05) is 5.75 Å². The number of carboxylic acid groups (broad SMARTS) is 1. The van der Waals surface area contributed by atoms with Crippen LogP contribution in [0, 0.1) is 0 Å².